The third kappa shape index (κ3) is 3.98. The molecule has 0 radical (unpaired) electrons. The molecule has 182 valence electrons. The van der Waals surface area contributed by atoms with Crippen molar-refractivity contribution in [3.63, 3.8) is 0 Å². The van der Waals surface area contributed by atoms with E-state index in [1.54, 1.807) is 4.57 Å². The topological polar surface area (TPSA) is 96.6 Å². The fourth-order valence-electron chi connectivity index (χ4n) is 5.43. The number of carbonyl (C=O) groups excluding carboxylic acids is 1. The van der Waals surface area contributed by atoms with Gasteiger partial charge in [0.2, 0.25) is 0 Å². The summed E-state index contributed by atoms with van der Waals surface area (Å²) in [5.41, 5.74) is 2.97. The number of aryl methyl sites for hydroxylation is 2. The zero-order valence-electron chi connectivity index (χ0n) is 19.8. The third-order valence-electron chi connectivity index (χ3n) is 7.38. The van der Waals surface area contributed by atoms with Crippen molar-refractivity contribution in [1.29, 1.82) is 0 Å². The zero-order chi connectivity index (χ0) is 25.3. The largest absolute Gasteiger partial charge is 0.480 e. The number of carboxylic acids is 2. The lowest BCUT2D eigenvalue weighted by atomic mass is 9.72. The molecule has 1 aromatic heterocycles. The summed E-state index contributed by atoms with van der Waals surface area (Å²) < 4.78 is 1.67. The molecule has 4 aromatic rings. The first kappa shape index (κ1) is 23.5. The summed E-state index contributed by atoms with van der Waals surface area (Å²) >= 11 is 0. The van der Waals surface area contributed by atoms with Crippen LogP contribution in [0.5, 0.6) is 0 Å². The van der Waals surface area contributed by atoms with E-state index >= 15 is 0 Å². The summed E-state index contributed by atoms with van der Waals surface area (Å²) in [5, 5.41) is 20.3. The lowest BCUT2D eigenvalue weighted by Crippen LogP contribution is -2.44. The molecule has 3 aromatic carbocycles. The van der Waals surface area contributed by atoms with Gasteiger partial charge in [0.1, 0.15) is 0 Å². The molecule has 0 fully saturated rings. The molecule has 1 heterocycles. The quantitative estimate of drug-likeness (QED) is 0.356. The SMILES string of the molecule is O=C(c1ccccc1CCCc1ccccc1)n1c2c(c3ccccc31)CC(C(=O)O)(C(=O)O)CC2. The monoisotopic (exact) mass is 481 g/mol. The van der Waals surface area contributed by atoms with Gasteiger partial charge in [0.15, 0.2) is 5.41 Å². The Labute approximate surface area is 208 Å². The number of rotatable bonds is 7. The van der Waals surface area contributed by atoms with Gasteiger partial charge >= 0.3 is 11.9 Å². The molecule has 6 nitrogen and oxygen atoms in total. The summed E-state index contributed by atoms with van der Waals surface area (Å²) in [5.74, 6) is -2.85. The highest BCUT2D eigenvalue weighted by Crippen LogP contribution is 2.41. The van der Waals surface area contributed by atoms with Gasteiger partial charge in [-0.3, -0.25) is 19.0 Å². The van der Waals surface area contributed by atoms with Crippen molar-refractivity contribution in [2.24, 2.45) is 5.41 Å². The van der Waals surface area contributed by atoms with E-state index in [9.17, 15) is 24.6 Å². The predicted molar refractivity (Wildman–Crippen MR) is 136 cm³/mol. The minimum Gasteiger partial charge on any atom is -0.480 e. The van der Waals surface area contributed by atoms with Gasteiger partial charge in [-0.15, -0.1) is 0 Å². The van der Waals surface area contributed by atoms with Gasteiger partial charge in [-0.05, 0) is 60.9 Å². The highest BCUT2D eigenvalue weighted by atomic mass is 16.4. The Morgan fingerprint density at radius 1 is 0.806 bits per heavy atom. The first-order chi connectivity index (χ1) is 17.4. The second kappa shape index (κ2) is 9.46. The Morgan fingerprint density at radius 2 is 1.47 bits per heavy atom. The Bertz CT molecular complexity index is 1450. The average molecular weight is 482 g/mol. The summed E-state index contributed by atoms with van der Waals surface area (Å²) in [6.45, 7) is 0. The van der Waals surface area contributed by atoms with Crippen LogP contribution in [0, 0.1) is 5.41 Å². The molecular formula is C30H27NO5. The molecule has 0 saturated heterocycles. The summed E-state index contributed by atoms with van der Waals surface area (Å²) in [6, 6.07) is 25.2. The molecule has 0 aliphatic heterocycles. The molecule has 2 N–H and O–H groups in total. The Kier molecular flexibility index (Phi) is 6.18. The number of aliphatic carboxylic acids is 2. The summed E-state index contributed by atoms with van der Waals surface area (Å²) in [4.78, 5) is 38.0. The molecule has 0 atom stereocenters. The second-order valence-electron chi connectivity index (χ2n) is 9.45. The number of aromatic nitrogens is 1. The van der Waals surface area contributed by atoms with E-state index < -0.39 is 17.4 Å². The van der Waals surface area contributed by atoms with Crippen LogP contribution in [-0.4, -0.2) is 32.6 Å². The molecule has 1 aliphatic carbocycles. The fourth-order valence-corrected chi connectivity index (χ4v) is 5.43. The van der Waals surface area contributed by atoms with E-state index in [2.05, 4.69) is 12.1 Å². The minimum absolute atomic E-state index is 0.0625. The summed E-state index contributed by atoms with van der Waals surface area (Å²) in [7, 11) is 0. The van der Waals surface area contributed by atoms with Crippen molar-refractivity contribution < 1.29 is 24.6 Å². The Morgan fingerprint density at radius 3 is 2.22 bits per heavy atom. The van der Waals surface area contributed by atoms with E-state index in [1.165, 1.54) is 5.56 Å². The predicted octanol–water partition coefficient (Wildman–Crippen LogP) is 5.15. The molecule has 0 amide bonds. The molecule has 5 rings (SSSR count). The number of benzene rings is 3. The van der Waals surface area contributed by atoms with Crippen molar-refractivity contribution in [3.05, 3.63) is 107 Å². The number of para-hydroxylation sites is 1. The van der Waals surface area contributed by atoms with Crippen LogP contribution < -0.4 is 0 Å². The van der Waals surface area contributed by atoms with E-state index in [0.29, 0.717) is 22.3 Å². The lowest BCUT2D eigenvalue weighted by molar-refractivity contribution is -0.165. The standard InChI is InChI=1S/C30H27NO5/c32-27(22-14-5-4-12-21(22)13-8-11-20-9-2-1-3-10-20)31-25-16-7-6-15-23(25)24-19-30(28(33)34,29(35)36)18-17-26(24)31/h1-7,9-10,12,14-16H,8,11,13,17-19H2,(H,33,34)(H,35,36). The molecule has 1 aliphatic rings. The number of hydrogen-bond donors (Lipinski definition) is 2. The lowest BCUT2D eigenvalue weighted by Gasteiger charge is -2.30. The van der Waals surface area contributed by atoms with Crippen molar-refractivity contribution in [2.45, 2.75) is 38.5 Å². The van der Waals surface area contributed by atoms with Gasteiger partial charge in [0.25, 0.3) is 5.91 Å². The van der Waals surface area contributed by atoms with Crippen molar-refractivity contribution in [2.75, 3.05) is 0 Å². The Hall–Kier alpha value is -4.19. The highest BCUT2D eigenvalue weighted by molar-refractivity contribution is 6.06. The van der Waals surface area contributed by atoms with Gasteiger partial charge in [-0.2, -0.15) is 0 Å². The zero-order valence-corrected chi connectivity index (χ0v) is 19.8. The van der Waals surface area contributed by atoms with Crippen LogP contribution in [-0.2, 0) is 35.3 Å². The number of carbonyl (C=O) groups is 3. The number of hydrogen-bond acceptors (Lipinski definition) is 3. The molecule has 0 saturated carbocycles. The number of nitrogens with zero attached hydrogens (tertiary/aromatic N) is 1. The van der Waals surface area contributed by atoms with Crippen LogP contribution in [0.15, 0.2) is 78.9 Å². The van der Waals surface area contributed by atoms with Crippen LogP contribution in [0.4, 0.5) is 0 Å². The van der Waals surface area contributed by atoms with Gasteiger partial charge in [0.05, 0.1) is 5.52 Å². The maximum absolute atomic E-state index is 14.0. The van der Waals surface area contributed by atoms with Crippen LogP contribution in [0.3, 0.4) is 0 Å². The highest BCUT2D eigenvalue weighted by Gasteiger charge is 2.50. The summed E-state index contributed by atoms with van der Waals surface area (Å²) in [6.07, 6.45) is 2.56. The minimum atomic E-state index is -1.89. The normalized spacial score (nSPS) is 14.3. The van der Waals surface area contributed by atoms with Crippen molar-refractivity contribution >= 4 is 28.7 Å². The molecular weight excluding hydrogens is 454 g/mol. The average Bonchev–Trinajstić information content (AvgIpc) is 3.22. The molecule has 36 heavy (non-hydrogen) atoms. The van der Waals surface area contributed by atoms with Gasteiger partial charge < -0.3 is 10.2 Å². The van der Waals surface area contributed by atoms with E-state index in [-0.39, 0.29) is 25.2 Å². The van der Waals surface area contributed by atoms with Crippen LogP contribution in [0.2, 0.25) is 0 Å². The van der Waals surface area contributed by atoms with Crippen molar-refractivity contribution in [3.8, 4) is 0 Å². The molecule has 0 bridgehead atoms. The number of fused-ring (bicyclic) bond motifs is 3. The van der Waals surface area contributed by atoms with Gasteiger partial charge in [-0.1, -0.05) is 66.7 Å². The first-order valence-corrected chi connectivity index (χ1v) is 12.2. The van der Waals surface area contributed by atoms with E-state index in [0.717, 1.165) is 30.2 Å². The molecule has 0 unspecified atom stereocenters. The van der Waals surface area contributed by atoms with Gasteiger partial charge in [0, 0.05) is 23.1 Å². The Balaban J connectivity index is 1.52. The third-order valence-corrected chi connectivity index (χ3v) is 7.38. The fraction of sp³-hybridized carbons (Fsp3) is 0.233. The maximum Gasteiger partial charge on any atom is 0.321 e. The smallest absolute Gasteiger partial charge is 0.321 e. The van der Waals surface area contributed by atoms with Gasteiger partial charge in [-0.25, -0.2) is 0 Å². The van der Waals surface area contributed by atoms with E-state index in [4.69, 9.17) is 0 Å². The first-order valence-electron chi connectivity index (χ1n) is 12.2. The van der Waals surface area contributed by atoms with Crippen LogP contribution >= 0.6 is 0 Å². The number of carboxylic acid groups (broad SMARTS) is 2. The maximum atomic E-state index is 14.0. The van der Waals surface area contributed by atoms with Crippen molar-refractivity contribution in [1.82, 2.24) is 4.57 Å². The second-order valence-corrected chi connectivity index (χ2v) is 9.45. The molecule has 6 heteroatoms. The van der Waals surface area contributed by atoms with E-state index in [1.807, 2.05) is 66.7 Å². The van der Waals surface area contributed by atoms with Crippen LogP contribution in [0.25, 0.3) is 10.9 Å². The van der Waals surface area contributed by atoms with Crippen LogP contribution in [0.1, 0.15) is 45.6 Å². The molecule has 0 spiro atoms.